The number of rotatable bonds is 5. The lowest BCUT2D eigenvalue weighted by atomic mass is 10.4. The summed E-state index contributed by atoms with van der Waals surface area (Å²) in [7, 11) is 0. The Morgan fingerprint density at radius 2 is 1.58 bits per heavy atom. The molecule has 0 aromatic carbocycles. The fourth-order valence-electron chi connectivity index (χ4n) is 0.284. The van der Waals surface area contributed by atoms with Gasteiger partial charge in [0.25, 0.3) is 0 Å². The van der Waals surface area contributed by atoms with E-state index >= 15 is 0 Å². The highest BCUT2D eigenvalue weighted by molar-refractivity contribution is 4.52. The Morgan fingerprint density at radius 3 is 1.83 bits per heavy atom. The van der Waals surface area contributed by atoms with Gasteiger partial charge < -0.3 is 25.2 Å². The molecule has 0 aromatic rings. The van der Waals surface area contributed by atoms with E-state index in [9.17, 15) is 0 Å². The zero-order valence-electron chi connectivity index (χ0n) is 7.02. The molecule has 4 N–H and O–H groups in total. The summed E-state index contributed by atoms with van der Waals surface area (Å²) in [5.74, 6) is 0. The standard InChI is InChI=1S/C5H11O3.C2H6O2/c1-5(7)4-8-3-2-6;3-1-2-4/h5-7H,1-4H2;3-4H,1-2H2. The molecule has 0 saturated carbocycles. The molecular formula is C7H17O5. The van der Waals surface area contributed by atoms with Crippen molar-refractivity contribution in [3.63, 3.8) is 0 Å². The van der Waals surface area contributed by atoms with Gasteiger partial charge in [0.05, 0.1) is 39.1 Å². The van der Waals surface area contributed by atoms with Gasteiger partial charge in [0.1, 0.15) is 0 Å². The van der Waals surface area contributed by atoms with Gasteiger partial charge >= 0.3 is 0 Å². The average Bonchev–Trinajstić information content (AvgIpc) is 2.05. The Bertz CT molecular complexity index is 64.8. The molecule has 12 heavy (non-hydrogen) atoms. The molecule has 5 nitrogen and oxygen atoms in total. The van der Waals surface area contributed by atoms with E-state index in [1.165, 1.54) is 0 Å². The molecule has 0 fully saturated rings. The second-order valence-corrected chi connectivity index (χ2v) is 1.90. The Morgan fingerprint density at radius 1 is 1.08 bits per heavy atom. The van der Waals surface area contributed by atoms with Crippen LogP contribution in [-0.4, -0.2) is 59.6 Å². The molecule has 1 atom stereocenters. The summed E-state index contributed by atoms with van der Waals surface area (Å²) in [5, 5.41) is 31.9. The van der Waals surface area contributed by atoms with Crippen LogP contribution in [0.3, 0.4) is 0 Å². The van der Waals surface area contributed by atoms with E-state index in [1.807, 2.05) is 0 Å². The van der Waals surface area contributed by atoms with E-state index < -0.39 is 6.10 Å². The topological polar surface area (TPSA) is 90.2 Å². The minimum Gasteiger partial charge on any atom is -0.394 e. The molecule has 0 aromatic heterocycles. The number of hydrogen-bond donors (Lipinski definition) is 4. The zero-order chi connectivity index (χ0) is 9.82. The van der Waals surface area contributed by atoms with Gasteiger partial charge in [0, 0.05) is 0 Å². The molecule has 0 spiro atoms. The molecule has 0 aliphatic carbocycles. The summed E-state index contributed by atoms with van der Waals surface area (Å²) in [4.78, 5) is 0. The first kappa shape index (κ1) is 14.3. The average molecular weight is 181 g/mol. The Labute approximate surface area is 72.2 Å². The molecule has 0 bridgehead atoms. The highest BCUT2D eigenvalue weighted by Gasteiger charge is 1.92. The molecule has 0 saturated heterocycles. The highest BCUT2D eigenvalue weighted by Crippen LogP contribution is 1.79. The maximum absolute atomic E-state index is 8.46. The molecule has 5 heteroatoms. The minimum atomic E-state index is -0.679. The van der Waals surface area contributed by atoms with Crippen LogP contribution < -0.4 is 0 Å². The lowest BCUT2D eigenvalue weighted by Gasteiger charge is -2.02. The van der Waals surface area contributed by atoms with Gasteiger partial charge in [0.2, 0.25) is 0 Å². The van der Waals surface area contributed by atoms with Crippen LogP contribution in [0.5, 0.6) is 0 Å². The van der Waals surface area contributed by atoms with Crippen molar-refractivity contribution in [2.75, 3.05) is 33.0 Å². The van der Waals surface area contributed by atoms with Gasteiger partial charge in [-0.15, -0.1) is 0 Å². The molecular weight excluding hydrogens is 164 g/mol. The lowest BCUT2D eigenvalue weighted by molar-refractivity contribution is 0.0390. The quantitative estimate of drug-likeness (QED) is 0.374. The summed E-state index contributed by atoms with van der Waals surface area (Å²) in [5.41, 5.74) is 0. The number of aliphatic hydroxyl groups is 4. The number of aliphatic hydroxyl groups excluding tert-OH is 4. The van der Waals surface area contributed by atoms with Crippen LogP contribution in [0, 0.1) is 6.92 Å². The molecule has 75 valence electrons. The molecule has 0 aliphatic rings. The van der Waals surface area contributed by atoms with E-state index in [0.29, 0.717) is 0 Å². The van der Waals surface area contributed by atoms with Crippen molar-refractivity contribution in [2.24, 2.45) is 0 Å². The van der Waals surface area contributed by atoms with E-state index in [4.69, 9.17) is 20.4 Å². The van der Waals surface area contributed by atoms with Crippen LogP contribution >= 0.6 is 0 Å². The third kappa shape index (κ3) is 22.6. The third-order valence-corrected chi connectivity index (χ3v) is 0.646. The van der Waals surface area contributed by atoms with Crippen molar-refractivity contribution >= 4 is 0 Å². The monoisotopic (exact) mass is 181 g/mol. The summed E-state index contributed by atoms with van der Waals surface area (Å²) in [6, 6.07) is 0. The summed E-state index contributed by atoms with van der Waals surface area (Å²) in [6.45, 7) is 3.47. The Kier molecular flexibility index (Phi) is 16.0. The van der Waals surface area contributed by atoms with E-state index in [-0.39, 0.29) is 33.0 Å². The number of ether oxygens (including phenoxy) is 1. The summed E-state index contributed by atoms with van der Waals surface area (Å²) in [6.07, 6.45) is -0.679. The SMILES string of the molecule is OCCO.[CH2]C(O)COCCO. The van der Waals surface area contributed by atoms with Crippen LogP contribution in [0.4, 0.5) is 0 Å². The second kappa shape index (κ2) is 13.4. The molecule has 1 unspecified atom stereocenters. The predicted octanol–water partition coefficient (Wildman–Crippen LogP) is -1.84. The van der Waals surface area contributed by atoms with E-state index in [1.54, 1.807) is 0 Å². The lowest BCUT2D eigenvalue weighted by Crippen LogP contribution is -2.12. The number of hydrogen-bond acceptors (Lipinski definition) is 5. The largest absolute Gasteiger partial charge is 0.394 e. The predicted molar refractivity (Wildman–Crippen MR) is 43.4 cm³/mol. The molecule has 0 amide bonds. The smallest absolute Gasteiger partial charge is 0.0774 e. The van der Waals surface area contributed by atoms with Crippen molar-refractivity contribution in [1.82, 2.24) is 0 Å². The fraction of sp³-hybridized carbons (Fsp3) is 0.857. The minimum absolute atomic E-state index is 0.00722. The van der Waals surface area contributed by atoms with Crippen molar-refractivity contribution in [1.29, 1.82) is 0 Å². The van der Waals surface area contributed by atoms with Crippen LogP contribution in [0.2, 0.25) is 0 Å². The molecule has 0 heterocycles. The third-order valence-electron chi connectivity index (χ3n) is 0.646. The van der Waals surface area contributed by atoms with E-state index in [2.05, 4.69) is 11.7 Å². The van der Waals surface area contributed by atoms with Gasteiger partial charge in [0.15, 0.2) is 0 Å². The van der Waals surface area contributed by atoms with Crippen LogP contribution in [0.15, 0.2) is 0 Å². The zero-order valence-corrected chi connectivity index (χ0v) is 7.02. The van der Waals surface area contributed by atoms with Crippen LogP contribution in [0.1, 0.15) is 0 Å². The van der Waals surface area contributed by atoms with Crippen molar-refractivity contribution in [3.05, 3.63) is 6.92 Å². The highest BCUT2D eigenvalue weighted by atomic mass is 16.5. The Hall–Kier alpha value is -0.200. The van der Waals surface area contributed by atoms with Gasteiger partial charge in [-0.1, -0.05) is 0 Å². The van der Waals surface area contributed by atoms with E-state index in [0.717, 1.165) is 0 Å². The molecule has 1 radical (unpaired) electrons. The first-order chi connectivity index (χ1) is 5.68. The van der Waals surface area contributed by atoms with Crippen molar-refractivity contribution < 1.29 is 25.2 Å². The summed E-state index contributed by atoms with van der Waals surface area (Å²) < 4.78 is 4.68. The normalized spacial score (nSPS) is 11.8. The van der Waals surface area contributed by atoms with Gasteiger partial charge in [-0.05, 0) is 6.92 Å². The van der Waals surface area contributed by atoms with Gasteiger partial charge in [-0.2, -0.15) is 0 Å². The Balaban J connectivity index is 0. The van der Waals surface area contributed by atoms with Gasteiger partial charge in [-0.3, -0.25) is 0 Å². The molecule has 0 rings (SSSR count). The summed E-state index contributed by atoms with van der Waals surface area (Å²) >= 11 is 0. The first-order valence-corrected chi connectivity index (χ1v) is 3.60. The van der Waals surface area contributed by atoms with Crippen molar-refractivity contribution in [2.45, 2.75) is 6.10 Å². The second-order valence-electron chi connectivity index (χ2n) is 1.90. The van der Waals surface area contributed by atoms with Gasteiger partial charge in [-0.25, -0.2) is 0 Å². The molecule has 0 aliphatic heterocycles. The van der Waals surface area contributed by atoms with Crippen LogP contribution in [0.25, 0.3) is 0 Å². The maximum Gasteiger partial charge on any atom is 0.0774 e. The first-order valence-electron chi connectivity index (χ1n) is 3.60. The maximum atomic E-state index is 8.46. The van der Waals surface area contributed by atoms with Crippen molar-refractivity contribution in [3.8, 4) is 0 Å². The fourth-order valence-corrected chi connectivity index (χ4v) is 0.284. The van der Waals surface area contributed by atoms with Crippen LogP contribution in [-0.2, 0) is 4.74 Å².